The van der Waals surface area contributed by atoms with Crippen LogP contribution in [0.4, 0.5) is 0 Å². The van der Waals surface area contributed by atoms with Crippen LogP contribution in [0.3, 0.4) is 0 Å². The number of aliphatic carboxylic acids is 1. The molecular formula is C6H14N2O3. The monoisotopic (exact) mass is 162 g/mol. The Kier molecular flexibility index (Phi) is 4.02. The van der Waals surface area contributed by atoms with Crippen LogP contribution in [0.15, 0.2) is 0 Å². The van der Waals surface area contributed by atoms with Crippen molar-refractivity contribution in [2.24, 2.45) is 11.5 Å². The highest BCUT2D eigenvalue weighted by Crippen LogP contribution is 2.05. The smallest absolute Gasteiger partial charge is 0.303 e. The van der Waals surface area contributed by atoms with Gasteiger partial charge in [-0.05, 0) is 6.42 Å². The molecule has 0 amide bonds. The van der Waals surface area contributed by atoms with Crippen LogP contribution >= 0.6 is 0 Å². The predicted octanol–water partition coefficient (Wildman–Crippen LogP) is -0.541. The first-order valence-electron chi connectivity index (χ1n) is 3.32. The molecule has 0 radical (unpaired) electrons. The summed E-state index contributed by atoms with van der Waals surface area (Å²) in [5.74, 6) is -2.04. The second kappa shape index (κ2) is 4.27. The van der Waals surface area contributed by atoms with Crippen molar-refractivity contribution >= 4 is 5.97 Å². The lowest BCUT2D eigenvalue weighted by molar-refractivity contribution is -0.137. The molecule has 0 aromatic rings. The van der Waals surface area contributed by atoms with E-state index < -0.39 is 11.8 Å². The van der Waals surface area contributed by atoms with Crippen LogP contribution in [-0.2, 0) is 9.53 Å². The first kappa shape index (κ1) is 10.3. The average Bonchev–Trinajstić information content (AvgIpc) is 1.87. The molecule has 0 aliphatic rings. The van der Waals surface area contributed by atoms with Crippen molar-refractivity contribution in [3.8, 4) is 0 Å². The van der Waals surface area contributed by atoms with Gasteiger partial charge in [-0.3, -0.25) is 16.3 Å². The minimum absolute atomic E-state index is 0.0690. The van der Waals surface area contributed by atoms with Crippen LogP contribution in [-0.4, -0.2) is 24.0 Å². The molecule has 11 heavy (non-hydrogen) atoms. The summed E-state index contributed by atoms with van der Waals surface area (Å²) in [5.41, 5.74) is 10.7. The summed E-state index contributed by atoms with van der Waals surface area (Å²) in [6, 6.07) is 0. The molecule has 0 aromatic carbocycles. The van der Waals surface area contributed by atoms with Crippen molar-refractivity contribution in [1.82, 2.24) is 0 Å². The average molecular weight is 162 g/mol. The molecule has 0 heterocycles. The molecular weight excluding hydrogens is 148 g/mol. The van der Waals surface area contributed by atoms with Crippen molar-refractivity contribution in [3.05, 3.63) is 0 Å². The van der Waals surface area contributed by atoms with Crippen molar-refractivity contribution in [1.29, 1.82) is 0 Å². The van der Waals surface area contributed by atoms with Gasteiger partial charge in [-0.15, -0.1) is 0 Å². The number of nitrogens with two attached hydrogens (primary N) is 2. The Labute approximate surface area is 65.3 Å². The molecule has 0 fully saturated rings. The van der Waals surface area contributed by atoms with Gasteiger partial charge in [0, 0.05) is 20.0 Å². The molecule has 0 bridgehead atoms. The molecule has 0 aliphatic heterocycles. The minimum atomic E-state index is -1.19. The van der Waals surface area contributed by atoms with Crippen molar-refractivity contribution in [3.63, 3.8) is 0 Å². The lowest BCUT2D eigenvalue weighted by Gasteiger charge is -2.21. The van der Waals surface area contributed by atoms with Gasteiger partial charge in [0.15, 0.2) is 5.85 Å². The van der Waals surface area contributed by atoms with Crippen LogP contribution < -0.4 is 11.5 Å². The summed E-state index contributed by atoms with van der Waals surface area (Å²) >= 11 is 0. The third-order valence-corrected chi connectivity index (χ3v) is 1.34. The van der Waals surface area contributed by atoms with Crippen LogP contribution in [0.5, 0.6) is 0 Å². The number of ether oxygens (including phenoxy) is 1. The molecule has 0 saturated carbocycles. The highest BCUT2D eigenvalue weighted by atomic mass is 16.5. The zero-order chi connectivity index (χ0) is 8.91. The molecule has 5 heteroatoms. The van der Waals surface area contributed by atoms with E-state index >= 15 is 0 Å². The van der Waals surface area contributed by atoms with Gasteiger partial charge in [0.2, 0.25) is 0 Å². The Morgan fingerprint density at radius 1 is 1.64 bits per heavy atom. The van der Waals surface area contributed by atoms with Crippen molar-refractivity contribution in [2.45, 2.75) is 25.1 Å². The summed E-state index contributed by atoms with van der Waals surface area (Å²) in [4.78, 5) is 10.1. The van der Waals surface area contributed by atoms with Gasteiger partial charge >= 0.3 is 5.97 Å². The maximum absolute atomic E-state index is 10.1. The number of carbonyl (C=O) groups is 1. The van der Waals surface area contributed by atoms with Gasteiger partial charge in [0.1, 0.15) is 0 Å². The number of rotatable bonds is 5. The second-order valence-corrected chi connectivity index (χ2v) is 2.41. The molecule has 5 N–H and O–H groups in total. The second-order valence-electron chi connectivity index (χ2n) is 2.41. The molecule has 66 valence electrons. The van der Waals surface area contributed by atoms with Gasteiger partial charge in [-0.2, -0.15) is 0 Å². The van der Waals surface area contributed by atoms with Gasteiger partial charge < -0.3 is 9.84 Å². The molecule has 0 spiro atoms. The zero-order valence-corrected chi connectivity index (χ0v) is 6.54. The van der Waals surface area contributed by atoms with E-state index in [4.69, 9.17) is 16.6 Å². The van der Waals surface area contributed by atoms with E-state index in [1.165, 1.54) is 7.11 Å². The summed E-state index contributed by atoms with van der Waals surface area (Å²) in [6.45, 7) is 0. The lowest BCUT2D eigenvalue weighted by atomic mass is 10.2. The topological polar surface area (TPSA) is 98.6 Å². The minimum Gasteiger partial charge on any atom is -0.481 e. The first-order valence-corrected chi connectivity index (χ1v) is 3.32. The Morgan fingerprint density at radius 3 is 2.55 bits per heavy atom. The quantitative estimate of drug-likeness (QED) is 0.471. The largest absolute Gasteiger partial charge is 0.481 e. The summed E-state index contributed by atoms with van der Waals surface area (Å²) < 4.78 is 4.68. The number of hydrogen-bond donors (Lipinski definition) is 3. The Balaban J connectivity index is 3.45. The van der Waals surface area contributed by atoms with E-state index in [1.807, 2.05) is 0 Å². The molecule has 0 rings (SSSR count). The predicted molar refractivity (Wildman–Crippen MR) is 39.6 cm³/mol. The van der Waals surface area contributed by atoms with Gasteiger partial charge in [-0.25, -0.2) is 0 Å². The normalized spacial score (nSPS) is 11.5. The van der Waals surface area contributed by atoms with E-state index in [1.54, 1.807) is 0 Å². The Bertz CT molecular complexity index is 136. The molecule has 0 atom stereocenters. The maximum atomic E-state index is 10.1. The fourth-order valence-corrected chi connectivity index (χ4v) is 0.618. The number of hydrogen-bond acceptors (Lipinski definition) is 4. The fraction of sp³-hybridized carbons (Fsp3) is 0.833. The third kappa shape index (κ3) is 5.78. The third-order valence-electron chi connectivity index (χ3n) is 1.34. The van der Waals surface area contributed by atoms with E-state index in [-0.39, 0.29) is 6.42 Å². The Morgan fingerprint density at radius 2 is 2.18 bits per heavy atom. The SMILES string of the molecule is COC(N)(N)CCCC(=O)O. The van der Waals surface area contributed by atoms with Crippen LogP contribution in [0.25, 0.3) is 0 Å². The highest BCUT2D eigenvalue weighted by Gasteiger charge is 2.16. The number of methoxy groups -OCH3 is 1. The van der Waals surface area contributed by atoms with Crippen LogP contribution in [0, 0.1) is 0 Å². The molecule has 5 nitrogen and oxygen atoms in total. The molecule has 0 unspecified atom stereocenters. The number of carboxylic acid groups (broad SMARTS) is 1. The highest BCUT2D eigenvalue weighted by molar-refractivity contribution is 5.66. The summed E-state index contributed by atoms with van der Waals surface area (Å²) in [6.07, 6.45) is 0.839. The van der Waals surface area contributed by atoms with Crippen molar-refractivity contribution in [2.75, 3.05) is 7.11 Å². The first-order chi connectivity index (χ1) is 4.98. The van der Waals surface area contributed by atoms with Gasteiger partial charge in [0.05, 0.1) is 0 Å². The van der Waals surface area contributed by atoms with Gasteiger partial charge in [0.25, 0.3) is 0 Å². The zero-order valence-electron chi connectivity index (χ0n) is 6.54. The summed E-state index contributed by atoms with van der Waals surface area (Å²) in [5, 5.41) is 8.26. The van der Waals surface area contributed by atoms with E-state index in [2.05, 4.69) is 4.74 Å². The van der Waals surface area contributed by atoms with E-state index in [0.717, 1.165) is 0 Å². The van der Waals surface area contributed by atoms with Crippen LogP contribution in [0.2, 0.25) is 0 Å². The molecule has 0 aromatic heterocycles. The van der Waals surface area contributed by atoms with Crippen LogP contribution in [0.1, 0.15) is 19.3 Å². The van der Waals surface area contributed by atoms with Gasteiger partial charge in [-0.1, -0.05) is 0 Å². The standard InChI is InChI=1S/C6H14N2O3/c1-11-6(7,8)4-2-3-5(9)10/h2-4,7-8H2,1H3,(H,9,10). The fourth-order valence-electron chi connectivity index (χ4n) is 0.618. The van der Waals surface area contributed by atoms with Crippen molar-refractivity contribution < 1.29 is 14.6 Å². The van der Waals surface area contributed by atoms with E-state index in [0.29, 0.717) is 12.8 Å². The van der Waals surface area contributed by atoms with E-state index in [9.17, 15) is 4.79 Å². The number of carboxylic acids is 1. The summed E-state index contributed by atoms with van der Waals surface area (Å²) in [7, 11) is 1.39. The Hall–Kier alpha value is -0.650. The molecule has 0 saturated heterocycles. The lowest BCUT2D eigenvalue weighted by Crippen LogP contribution is -2.50. The maximum Gasteiger partial charge on any atom is 0.303 e. The molecule has 0 aliphatic carbocycles.